The number of amides is 1. The van der Waals surface area contributed by atoms with Crippen molar-refractivity contribution in [2.24, 2.45) is 18.9 Å². The van der Waals surface area contributed by atoms with E-state index < -0.39 is 21.2 Å². The zero-order valence-corrected chi connectivity index (χ0v) is 28.0. The minimum absolute atomic E-state index is 0.148. The second kappa shape index (κ2) is 14.1. The zero-order valence-electron chi connectivity index (χ0n) is 26.4. The van der Waals surface area contributed by atoms with E-state index in [4.69, 9.17) is 21.1 Å². The second-order valence-electron chi connectivity index (χ2n) is 12.7. The number of fused-ring (bicyclic) bond motifs is 3. The smallest absolute Gasteiger partial charge is 0.264 e. The molecule has 1 amide bonds. The van der Waals surface area contributed by atoms with Gasteiger partial charge in [0.1, 0.15) is 18.1 Å². The number of nitrogens with zero attached hydrogens (tertiary/aromatic N) is 4. The van der Waals surface area contributed by atoms with Gasteiger partial charge in [0.05, 0.1) is 29.8 Å². The number of benzene rings is 2. The number of aromatic nitrogens is 3. The van der Waals surface area contributed by atoms with Crippen molar-refractivity contribution >= 4 is 33.2 Å². The van der Waals surface area contributed by atoms with Crippen LogP contribution in [0.3, 0.4) is 0 Å². The van der Waals surface area contributed by atoms with Crippen LogP contribution in [0, 0.1) is 11.8 Å². The molecule has 4 atom stereocenters. The van der Waals surface area contributed by atoms with Gasteiger partial charge in [-0.2, -0.15) is 0 Å². The molecule has 3 heterocycles. The third-order valence-corrected chi connectivity index (χ3v) is 11.5. The Morgan fingerprint density at radius 2 is 1.98 bits per heavy atom. The lowest BCUT2D eigenvalue weighted by Gasteiger charge is -2.44. The van der Waals surface area contributed by atoms with Crippen LogP contribution < -0.4 is 14.4 Å². The minimum atomic E-state index is -3.89. The first-order valence-corrected chi connectivity index (χ1v) is 18.1. The summed E-state index contributed by atoms with van der Waals surface area (Å²) in [4.78, 5) is 15.7. The van der Waals surface area contributed by atoms with Gasteiger partial charge in [0.15, 0.2) is 0 Å². The van der Waals surface area contributed by atoms with Gasteiger partial charge in [-0.15, -0.1) is 5.10 Å². The molecule has 0 radical (unpaired) electrons. The van der Waals surface area contributed by atoms with Crippen molar-refractivity contribution in [3.63, 3.8) is 0 Å². The molecule has 46 heavy (non-hydrogen) atoms. The molecular weight excluding hydrogens is 626 g/mol. The molecule has 10 nitrogen and oxygen atoms in total. The first-order chi connectivity index (χ1) is 22.2. The number of aryl methyl sites for hydroxylation is 2. The minimum Gasteiger partial charge on any atom is -0.487 e. The number of halogens is 1. The number of allylic oxidation sites excluding steroid dienone is 1. The first kappa shape index (κ1) is 32.5. The summed E-state index contributed by atoms with van der Waals surface area (Å²) in [6, 6.07) is 11.1. The van der Waals surface area contributed by atoms with Crippen molar-refractivity contribution in [2.75, 3.05) is 18.0 Å². The van der Waals surface area contributed by atoms with Crippen molar-refractivity contribution < 1.29 is 22.7 Å². The number of carbonyl (C=O) groups is 1. The highest BCUT2D eigenvalue weighted by atomic mass is 35.5. The molecule has 2 aromatic carbocycles. The van der Waals surface area contributed by atoms with Gasteiger partial charge >= 0.3 is 0 Å². The quantitative estimate of drug-likeness (QED) is 0.359. The van der Waals surface area contributed by atoms with Gasteiger partial charge in [-0.3, -0.25) is 9.48 Å². The van der Waals surface area contributed by atoms with Gasteiger partial charge in [-0.05, 0) is 105 Å². The van der Waals surface area contributed by atoms with E-state index in [0.29, 0.717) is 42.7 Å². The van der Waals surface area contributed by atoms with Crippen LogP contribution in [0.4, 0.5) is 5.69 Å². The molecule has 12 heteroatoms. The Morgan fingerprint density at radius 1 is 1.11 bits per heavy atom. The molecule has 2 aliphatic heterocycles. The number of rotatable bonds is 3. The van der Waals surface area contributed by atoms with E-state index in [-0.39, 0.29) is 17.6 Å². The molecule has 1 aliphatic carbocycles. The third kappa shape index (κ3) is 7.58. The SMILES string of the molecule is C[C@@H]1CC/C=C/[C@H](OCc2cn(C)nn2)[C@@H]2CC[C@H]2CN2CCCCc3cc(Cl)ccc3COc3ccc(cc32)C(=O)NS1(=O)=O. The Bertz CT molecular complexity index is 1690. The Hall–Kier alpha value is -3.41. The van der Waals surface area contributed by atoms with E-state index in [2.05, 4.69) is 26.0 Å². The molecular formula is C34H42ClN5O5S. The number of anilines is 1. The summed E-state index contributed by atoms with van der Waals surface area (Å²) in [6.45, 7) is 3.86. The van der Waals surface area contributed by atoms with Crippen LogP contribution in [0.1, 0.15) is 72.6 Å². The lowest BCUT2D eigenvalue weighted by Crippen LogP contribution is -2.44. The molecule has 6 rings (SSSR count). The van der Waals surface area contributed by atoms with Gasteiger partial charge in [0.25, 0.3) is 5.91 Å². The Balaban J connectivity index is 1.34. The lowest BCUT2D eigenvalue weighted by molar-refractivity contribution is -0.0235. The van der Waals surface area contributed by atoms with Gasteiger partial charge in [-0.1, -0.05) is 35.0 Å². The normalized spacial score (nSPS) is 25.9. The summed E-state index contributed by atoms with van der Waals surface area (Å²) in [6.07, 6.45) is 11.6. The van der Waals surface area contributed by atoms with Crippen LogP contribution in [0.15, 0.2) is 54.7 Å². The number of nitrogens with one attached hydrogen (secondary N) is 1. The summed E-state index contributed by atoms with van der Waals surface area (Å²) in [5, 5.41) is 8.18. The predicted octanol–water partition coefficient (Wildman–Crippen LogP) is 5.60. The second-order valence-corrected chi connectivity index (χ2v) is 15.3. The van der Waals surface area contributed by atoms with E-state index in [1.807, 2.05) is 37.5 Å². The van der Waals surface area contributed by atoms with Gasteiger partial charge in [-0.25, -0.2) is 13.1 Å². The van der Waals surface area contributed by atoms with Crippen molar-refractivity contribution in [1.29, 1.82) is 0 Å². The van der Waals surface area contributed by atoms with Crippen LogP contribution >= 0.6 is 11.6 Å². The number of hydrogen-bond acceptors (Lipinski definition) is 8. The molecule has 0 saturated heterocycles. The number of ether oxygens (including phenoxy) is 2. The molecule has 246 valence electrons. The van der Waals surface area contributed by atoms with Crippen LogP contribution in [-0.4, -0.2) is 53.8 Å². The van der Waals surface area contributed by atoms with Crippen LogP contribution in [0.2, 0.25) is 5.02 Å². The van der Waals surface area contributed by atoms with Crippen molar-refractivity contribution in [2.45, 2.75) is 76.4 Å². The lowest BCUT2D eigenvalue weighted by atomic mass is 9.70. The average molecular weight is 668 g/mol. The van der Waals surface area contributed by atoms with Crippen molar-refractivity contribution in [3.8, 4) is 5.75 Å². The fraction of sp³-hybridized carbons (Fsp3) is 0.500. The Labute approximate surface area is 276 Å². The van der Waals surface area contributed by atoms with Crippen LogP contribution in [0.5, 0.6) is 5.75 Å². The molecule has 0 spiro atoms. The molecule has 0 unspecified atom stereocenters. The predicted molar refractivity (Wildman–Crippen MR) is 177 cm³/mol. The third-order valence-electron chi connectivity index (χ3n) is 9.49. The van der Waals surface area contributed by atoms with Gasteiger partial charge in [0.2, 0.25) is 10.0 Å². The van der Waals surface area contributed by atoms with Gasteiger partial charge < -0.3 is 14.4 Å². The first-order valence-electron chi connectivity index (χ1n) is 16.1. The van der Waals surface area contributed by atoms with Crippen LogP contribution in [0.25, 0.3) is 0 Å². The molecule has 3 aliphatic rings. The summed E-state index contributed by atoms with van der Waals surface area (Å²) in [5.74, 6) is 0.658. The topological polar surface area (TPSA) is 116 Å². The number of hydrogen-bond donors (Lipinski definition) is 1. The van der Waals surface area contributed by atoms with E-state index >= 15 is 0 Å². The monoisotopic (exact) mass is 667 g/mol. The largest absolute Gasteiger partial charge is 0.487 e. The Morgan fingerprint density at radius 3 is 2.76 bits per heavy atom. The van der Waals surface area contributed by atoms with E-state index in [1.54, 1.807) is 29.8 Å². The van der Waals surface area contributed by atoms with Crippen molar-refractivity contribution in [1.82, 2.24) is 19.7 Å². The fourth-order valence-electron chi connectivity index (χ4n) is 6.59. The highest BCUT2D eigenvalue weighted by Crippen LogP contribution is 2.42. The molecule has 2 bridgehead atoms. The molecule has 1 fully saturated rings. The number of carbonyl (C=O) groups excluding carboxylic acids is 1. The van der Waals surface area contributed by atoms with E-state index in [0.717, 1.165) is 62.1 Å². The standard InChI is InChI=1S/C34H42ClN5O5S/c1-23-7-3-4-9-32(45-22-29-20-39(2)38-36-29)30-14-11-26(30)19-40-16-6-5-8-24-17-28(35)13-10-27(24)21-44-33-15-12-25(18-31(33)40)34(41)37-46(23,42)43/h4,9-10,12-13,15,17-18,20,23,26,30,32H,3,5-8,11,14,16,19,21-22H2,1-2H3,(H,37,41)/b9-4+/t23-,26+,30-,32+/m1/s1. The Kier molecular flexibility index (Phi) is 10.0. The number of sulfonamides is 1. The summed E-state index contributed by atoms with van der Waals surface area (Å²) in [7, 11) is -2.06. The van der Waals surface area contributed by atoms with Crippen molar-refractivity contribution in [3.05, 3.63) is 82.2 Å². The maximum absolute atomic E-state index is 13.3. The maximum atomic E-state index is 13.3. The fourth-order valence-corrected chi connectivity index (χ4v) is 7.81. The van der Waals surface area contributed by atoms with E-state index in [1.165, 1.54) is 5.56 Å². The molecule has 1 aromatic heterocycles. The summed E-state index contributed by atoms with van der Waals surface area (Å²) < 4.78 is 43.2. The summed E-state index contributed by atoms with van der Waals surface area (Å²) >= 11 is 6.34. The molecule has 3 aromatic rings. The van der Waals surface area contributed by atoms with Gasteiger partial charge in [0, 0.05) is 30.7 Å². The zero-order chi connectivity index (χ0) is 32.3. The highest BCUT2D eigenvalue weighted by molar-refractivity contribution is 7.90. The van der Waals surface area contributed by atoms with Crippen LogP contribution in [-0.2, 0) is 41.4 Å². The maximum Gasteiger partial charge on any atom is 0.264 e. The highest BCUT2D eigenvalue weighted by Gasteiger charge is 2.38. The molecule has 1 saturated carbocycles. The average Bonchev–Trinajstić information content (AvgIpc) is 3.42. The van der Waals surface area contributed by atoms with E-state index in [9.17, 15) is 13.2 Å². The summed E-state index contributed by atoms with van der Waals surface area (Å²) in [5.41, 5.74) is 4.10. The molecule has 1 N–H and O–H groups in total.